The fraction of sp³-hybridized carbons (Fsp3) is 0.118. The molecule has 0 spiro atoms. The fourth-order valence-electron chi connectivity index (χ4n) is 2.48. The fourth-order valence-corrected chi connectivity index (χ4v) is 2.84. The van der Waals surface area contributed by atoms with Gasteiger partial charge in [0.25, 0.3) is 17.7 Å². The summed E-state index contributed by atoms with van der Waals surface area (Å²) in [5.74, 6) is -1.12. The molecule has 0 aliphatic carbocycles. The van der Waals surface area contributed by atoms with E-state index in [1.165, 1.54) is 12.1 Å². The number of amides is 3. The van der Waals surface area contributed by atoms with E-state index < -0.39 is 5.91 Å². The number of imide groups is 1. The van der Waals surface area contributed by atoms with Crippen LogP contribution in [0.1, 0.15) is 31.1 Å². The van der Waals surface area contributed by atoms with E-state index in [9.17, 15) is 14.4 Å². The molecule has 122 valence electrons. The van der Waals surface area contributed by atoms with Gasteiger partial charge in [0.1, 0.15) is 0 Å². The molecule has 0 aromatic heterocycles. The van der Waals surface area contributed by atoms with Gasteiger partial charge in [0.15, 0.2) is 0 Å². The molecule has 3 amide bonds. The van der Waals surface area contributed by atoms with Crippen LogP contribution < -0.4 is 5.32 Å². The van der Waals surface area contributed by atoms with Crippen molar-refractivity contribution < 1.29 is 14.4 Å². The number of benzene rings is 2. The van der Waals surface area contributed by atoms with Gasteiger partial charge in [0.2, 0.25) is 0 Å². The molecule has 2 aromatic rings. The van der Waals surface area contributed by atoms with Crippen molar-refractivity contribution in [2.75, 3.05) is 13.1 Å². The van der Waals surface area contributed by atoms with Crippen LogP contribution in [-0.4, -0.2) is 35.7 Å². The van der Waals surface area contributed by atoms with Gasteiger partial charge in [0, 0.05) is 28.7 Å². The van der Waals surface area contributed by atoms with Gasteiger partial charge in [-0.3, -0.25) is 19.3 Å². The highest BCUT2D eigenvalue weighted by atomic mass is 35.5. The molecule has 7 heteroatoms. The number of carbonyl (C=O) groups is 3. The molecule has 24 heavy (non-hydrogen) atoms. The van der Waals surface area contributed by atoms with E-state index >= 15 is 0 Å². The second-order valence-corrected chi connectivity index (χ2v) is 6.09. The van der Waals surface area contributed by atoms with Gasteiger partial charge in [-0.25, -0.2) is 0 Å². The Kier molecular flexibility index (Phi) is 4.55. The van der Waals surface area contributed by atoms with Crippen LogP contribution in [0.2, 0.25) is 10.0 Å². The molecule has 1 aliphatic heterocycles. The standard InChI is InChI=1S/C17H12Cl2N2O3/c18-11-3-1-2-10(8-11)15(22)20-6-7-21-16(23)13-5-4-12(19)9-14(13)17(21)24/h1-5,8-9H,6-7H2,(H,20,22). The Labute approximate surface area is 148 Å². The highest BCUT2D eigenvalue weighted by Crippen LogP contribution is 2.25. The van der Waals surface area contributed by atoms with Crippen LogP contribution in [0.4, 0.5) is 0 Å². The highest BCUT2D eigenvalue weighted by molar-refractivity contribution is 6.32. The van der Waals surface area contributed by atoms with Crippen molar-refractivity contribution in [3.05, 3.63) is 69.2 Å². The second kappa shape index (κ2) is 6.63. The molecule has 0 atom stereocenters. The Hall–Kier alpha value is -2.37. The van der Waals surface area contributed by atoms with Crippen molar-refractivity contribution in [2.45, 2.75) is 0 Å². The number of hydrogen-bond acceptors (Lipinski definition) is 3. The lowest BCUT2D eigenvalue weighted by Gasteiger charge is -2.14. The zero-order valence-electron chi connectivity index (χ0n) is 12.4. The summed E-state index contributed by atoms with van der Waals surface area (Å²) in [6.45, 7) is 0.223. The average molecular weight is 363 g/mol. The molecule has 3 rings (SSSR count). The molecule has 0 saturated carbocycles. The molecule has 5 nitrogen and oxygen atoms in total. The number of halogens is 2. The van der Waals surface area contributed by atoms with Crippen molar-refractivity contribution >= 4 is 40.9 Å². The van der Waals surface area contributed by atoms with Crippen LogP contribution in [0.3, 0.4) is 0 Å². The Morgan fingerprint density at radius 3 is 2.42 bits per heavy atom. The maximum Gasteiger partial charge on any atom is 0.261 e. The maximum absolute atomic E-state index is 12.3. The predicted molar refractivity (Wildman–Crippen MR) is 90.6 cm³/mol. The molecule has 1 N–H and O–H groups in total. The van der Waals surface area contributed by atoms with Crippen molar-refractivity contribution in [2.24, 2.45) is 0 Å². The molecule has 0 radical (unpaired) electrons. The third kappa shape index (κ3) is 3.13. The normalized spacial score (nSPS) is 13.2. The quantitative estimate of drug-likeness (QED) is 0.850. The molecule has 1 aliphatic rings. The molecule has 0 unspecified atom stereocenters. The van der Waals surface area contributed by atoms with Gasteiger partial charge in [-0.2, -0.15) is 0 Å². The lowest BCUT2D eigenvalue weighted by atomic mass is 10.1. The summed E-state index contributed by atoms with van der Waals surface area (Å²) >= 11 is 11.7. The topological polar surface area (TPSA) is 66.5 Å². The summed E-state index contributed by atoms with van der Waals surface area (Å²) in [6, 6.07) is 11.1. The molecule has 1 heterocycles. The average Bonchev–Trinajstić information content (AvgIpc) is 2.79. The van der Waals surface area contributed by atoms with Crippen molar-refractivity contribution in [3.8, 4) is 0 Å². The summed E-state index contributed by atoms with van der Waals surface area (Å²) < 4.78 is 0. The van der Waals surface area contributed by atoms with Crippen LogP contribution >= 0.6 is 23.2 Å². The SMILES string of the molecule is O=C(NCCN1C(=O)c2ccc(Cl)cc2C1=O)c1cccc(Cl)c1. The molecule has 0 saturated heterocycles. The minimum Gasteiger partial charge on any atom is -0.350 e. The monoisotopic (exact) mass is 362 g/mol. The summed E-state index contributed by atoms with van der Waals surface area (Å²) in [5, 5.41) is 3.52. The van der Waals surface area contributed by atoms with Crippen LogP contribution in [0.25, 0.3) is 0 Å². The smallest absolute Gasteiger partial charge is 0.261 e. The van der Waals surface area contributed by atoms with Gasteiger partial charge < -0.3 is 5.32 Å². The number of fused-ring (bicyclic) bond motifs is 1. The third-order valence-electron chi connectivity index (χ3n) is 3.64. The number of nitrogens with one attached hydrogen (secondary N) is 1. The van der Waals surface area contributed by atoms with E-state index in [2.05, 4.69) is 5.32 Å². The van der Waals surface area contributed by atoms with Crippen LogP contribution in [0.5, 0.6) is 0 Å². The lowest BCUT2D eigenvalue weighted by molar-refractivity contribution is 0.0650. The number of rotatable bonds is 4. The first-order chi connectivity index (χ1) is 11.5. The first kappa shape index (κ1) is 16.5. The van der Waals surface area contributed by atoms with Gasteiger partial charge in [-0.05, 0) is 36.4 Å². The predicted octanol–water partition coefficient (Wildman–Crippen LogP) is 3.02. The first-order valence-electron chi connectivity index (χ1n) is 7.17. The van der Waals surface area contributed by atoms with Crippen LogP contribution in [0.15, 0.2) is 42.5 Å². The summed E-state index contributed by atoms with van der Waals surface area (Å²) in [4.78, 5) is 37.6. The lowest BCUT2D eigenvalue weighted by Crippen LogP contribution is -2.38. The Bertz CT molecular complexity index is 851. The van der Waals surface area contributed by atoms with E-state index in [4.69, 9.17) is 23.2 Å². The zero-order chi connectivity index (χ0) is 17.3. The van der Waals surface area contributed by atoms with Crippen molar-refractivity contribution in [3.63, 3.8) is 0 Å². The molecule has 2 aromatic carbocycles. The molecular weight excluding hydrogens is 351 g/mol. The zero-order valence-corrected chi connectivity index (χ0v) is 13.9. The minimum atomic E-state index is -0.408. The van der Waals surface area contributed by atoms with Gasteiger partial charge in [-0.15, -0.1) is 0 Å². The van der Waals surface area contributed by atoms with Crippen molar-refractivity contribution in [1.82, 2.24) is 10.2 Å². The van der Waals surface area contributed by atoms with E-state index in [0.29, 0.717) is 21.2 Å². The highest BCUT2D eigenvalue weighted by Gasteiger charge is 2.35. The third-order valence-corrected chi connectivity index (χ3v) is 4.11. The first-order valence-corrected chi connectivity index (χ1v) is 7.92. The maximum atomic E-state index is 12.3. The largest absolute Gasteiger partial charge is 0.350 e. The van der Waals surface area contributed by atoms with Gasteiger partial charge in [-0.1, -0.05) is 29.3 Å². The number of hydrogen-bond donors (Lipinski definition) is 1. The van der Waals surface area contributed by atoms with Crippen LogP contribution in [-0.2, 0) is 0 Å². The Balaban J connectivity index is 1.63. The van der Waals surface area contributed by atoms with E-state index in [1.54, 1.807) is 30.3 Å². The summed E-state index contributed by atoms with van der Waals surface area (Å²) in [6.07, 6.45) is 0. The summed E-state index contributed by atoms with van der Waals surface area (Å²) in [5.41, 5.74) is 1.02. The minimum absolute atomic E-state index is 0.0796. The van der Waals surface area contributed by atoms with E-state index in [0.717, 1.165) is 4.90 Å². The number of carbonyl (C=O) groups excluding carboxylic acids is 3. The summed E-state index contributed by atoms with van der Waals surface area (Å²) in [7, 11) is 0. The molecular formula is C17H12Cl2N2O3. The Morgan fingerprint density at radius 1 is 0.958 bits per heavy atom. The van der Waals surface area contributed by atoms with Gasteiger partial charge in [0.05, 0.1) is 11.1 Å². The molecule has 0 bridgehead atoms. The van der Waals surface area contributed by atoms with Crippen LogP contribution in [0, 0.1) is 0 Å². The Morgan fingerprint density at radius 2 is 1.67 bits per heavy atom. The van der Waals surface area contributed by atoms with E-state index in [-0.39, 0.29) is 30.5 Å². The second-order valence-electron chi connectivity index (χ2n) is 5.22. The molecule has 0 fully saturated rings. The number of nitrogens with zero attached hydrogens (tertiary/aromatic N) is 1. The van der Waals surface area contributed by atoms with Crippen molar-refractivity contribution in [1.29, 1.82) is 0 Å². The van der Waals surface area contributed by atoms with E-state index in [1.807, 2.05) is 0 Å². The van der Waals surface area contributed by atoms with Gasteiger partial charge >= 0.3 is 0 Å².